The number of hydrogen-bond donors (Lipinski definition) is 1. The normalized spacial score (nSPS) is 21.5. The lowest BCUT2D eigenvalue weighted by molar-refractivity contribution is -0.385. The van der Waals surface area contributed by atoms with E-state index in [9.17, 15) is 10.1 Å². The predicted octanol–water partition coefficient (Wildman–Crippen LogP) is 3.60. The Labute approximate surface area is 101 Å². The van der Waals surface area contributed by atoms with Crippen LogP contribution < -0.4 is 5.32 Å². The molecule has 4 heteroatoms. The molecule has 0 aromatic heterocycles. The predicted molar refractivity (Wildman–Crippen MR) is 68.6 cm³/mol. The number of nitro groups is 1. The molecule has 1 atom stereocenters. The zero-order valence-electron chi connectivity index (χ0n) is 10.7. The summed E-state index contributed by atoms with van der Waals surface area (Å²) in [5.41, 5.74) is 3.08. The highest BCUT2D eigenvalue weighted by molar-refractivity contribution is 5.63. The number of nitro benzene ring substituents is 1. The van der Waals surface area contributed by atoms with Crippen molar-refractivity contribution in [2.45, 2.75) is 45.6 Å². The molecule has 4 nitrogen and oxygen atoms in total. The molecule has 0 radical (unpaired) electrons. The van der Waals surface area contributed by atoms with Crippen molar-refractivity contribution in [3.63, 3.8) is 0 Å². The summed E-state index contributed by atoms with van der Waals surface area (Å²) in [4.78, 5) is 10.6. The van der Waals surface area contributed by atoms with Gasteiger partial charge in [-0.05, 0) is 44.7 Å². The lowest BCUT2D eigenvalue weighted by atomic mass is 9.81. The van der Waals surface area contributed by atoms with Gasteiger partial charge in [0, 0.05) is 22.9 Å². The lowest BCUT2D eigenvalue weighted by Crippen LogP contribution is -2.36. The van der Waals surface area contributed by atoms with Gasteiger partial charge in [0.15, 0.2) is 0 Å². The Bertz CT molecular complexity index is 481. The summed E-state index contributed by atoms with van der Waals surface area (Å²) in [6.45, 7) is 8.22. The molecule has 0 saturated carbocycles. The quantitative estimate of drug-likeness (QED) is 0.596. The first kappa shape index (κ1) is 11.9. The first-order chi connectivity index (χ1) is 7.80. The standard InChI is InChI=1S/C13H18N2O2/c1-8-5-11-10(6-12(8)15(16)17)9(2)7-13(3,4)14-11/h5-6,9,14H,7H2,1-4H3. The van der Waals surface area contributed by atoms with Gasteiger partial charge in [0.1, 0.15) is 0 Å². The number of hydrogen-bond acceptors (Lipinski definition) is 3. The highest BCUT2D eigenvalue weighted by atomic mass is 16.6. The van der Waals surface area contributed by atoms with Gasteiger partial charge >= 0.3 is 0 Å². The third-order valence-corrected chi connectivity index (χ3v) is 3.39. The van der Waals surface area contributed by atoms with Crippen molar-refractivity contribution in [3.05, 3.63) is 33.4 Å². The SMILES string of the molecule is Cc1cc2c(cc1[N+](=O)[O-])C(C)CC(C)(C)N2. The Morgan fingerprint density at radius 3 is 2.71 bits per heavy atom. The van der Waals surface area contributed by atoms with Crippen molar-refractivity contribution in [1.82, 2.24) is 0 Å². The molecule has 0 saturated heterocycles. The molecule has 0 bridgehead atoms. The van der Waals surface area contributed by atoms with Crippen LogP contribution in [0.5, 0.6) is 0 Å². The highest BCUT2D eigenvalue weighted by Gasteiger charge is 2.31. The molecular formula is C13H18N2O2. The fraction of sp³-hybridized carbons (Fsp3) is 0.538. The monoisotopic (exact) mass is 234 g/mol. The van der Waals surface area contributed by atoms with Gasteiger partial charge in [0.05, 0.1) is 4.92 Å². The van der Waals surface area contributed by atoms with Crippen LogP contribution in [0, 0.1) is 17.0 Å². The van der Waals surface area contributed by atoms with Gasteiger partial charge in [-0.25, -0.2) is 0 Å². The van der Waals surface area contributed by atoms with E-state index in [0.29, 0.717) is 11.5 Å². The van der Waals surface area contributed by atoms with Crippen molar-refractivity contribution in [2.75, 3.05) is 5.32 Å². The maximum Gasteiger partial charge on any atom is 0.272 e. The van der Waals surface area contributed by atoms with E-state index < -0.39 is 0 Å². The smallest absolute Gasteiger partial charge is 0.272 e. The zero-order valence-corrected chi connectivity index (χ0v) is 10.7. The van der Waals surface area contributed by atoms with Gasteiger partial charge in [-0.3, -0.25) is 10.1 Å². The number of fused-ring (bicyclic) bond motifs is 1. The molecule has 2 rings (SSSR count). The molecule has 1 aliphatic heterocycles. The van der Waals surface area contributed by atoms with Crippen LogP contribution >= 0.6 is 0 Å². The second-order valence-corrected chi connectivity index (χ2v) is 5.60. The maximum absolute atomic E-state index is 10.9. The molecule has 1 N–H and O–H groups in total. The highest BCUT2D eigenvalue weighted by Crippen LogP contribution is 2.41. The Morgan fingerprint density at radius 1 is 1.47 bits per heavy atom. The fourth-order valence-corrected chi connectivity index (χ4v) is 2.72. The van der Waals surface area contributed by atoms with E-state index in [0.717, 1.165) is 17.7 Å². The Kier molecular flexibility index (Phi) is 2.60. The molecule has 0 amide bonds. The molecule has 1 unspecified atom stereocenters. The van der Waals surface area contributed by atoms with Crippen LogP contribution in [0.3, 0.4) is 0 Å². The van der Waals surface area contributed by atoms with Gasteiger partial charge in [0.25, 0.3) is 5.69 Å². The third kappa shape index (κ3) is 2.12. The lowest BCUT2D eigenvalue weighted by Gasteiger charge is -2.37. The van der Waals surface area contributed by atoms with Crippen LogP contribution in [0.2, 0.25) is 0 Å². The van der Waals surface area contributed by atoms with Gasteiger partial charge in [-0.15, -0.1) is 0 Å². The summed E-state index contributed by atoms with van der Waals surface area (Å²) in [6.07, 6.45) is 0.986. The summed E-state index contributed by atoms with van der Waals surface area (Å²) in [5, 5.41) is 14.4. The number of benzene rings is 1. The molecule has 0 fully saturated rings. The molecule has 92 valence electrons. The molecule has 1 aromatic rings. The molecule has 0 aliphatic carbocycles. The molecule has 1 aliphatic rings. The van der Waals surface area contributed by atoms with Crippen molar-refractivity contribution < 1.29 is 4.92 Å². The van der Waals surface area contributed by atoms with Crippen LogP contribution in [0.15, 0.2) is 12.1 Å². The molecule has 17 heavy (non-hydrogen) atoms. The number of anilines is 1. The van der Waals surface area contributed by atoms with E-state index in [1.807, 2.05) is 6.07 Å². The Hall–Kier alpha value is -1.58. The number of nitrogens with zero attached hydrogens (tertiary/aromatic N) is 1. The molecule has 1 aromatic carbocycles. The molecule has 0 spiro atoms. The second-order valence-electron chi connectivity index (χ2n) is 5.60. The first-order valence-corrected chi connectivity index (χ1v) is 5.87. The van der Waals surface area contributed by atoms with E-state index in [4.69, 9.17) is 0 Å². The van der Waals surface area contributed by atoms with E-state index in [1.165, 1.54) is 0 Å². The summed E-state index contributed by atoms with van der Waals surface area (Å²) in [5.74, 6) is 0.348. The largest absolute Gasteiger partial charge is 0.380 e. The fourth-order valence-electron chi connectivity index (χ4n) is 2.72. The van der Waals surface area contributed by atoms with Gasteiger partial charge in [-0.1, -0.05) is 6.92 Å². The van der Waals surface area contributed by atoms with Crippen molar-refractivity contribution in [2.24, 2.45) is 0 Å². The second kappa shape index (κ2) is 3.72. The van der Waals surface area contributed by atoms with Gasteiger partial charge in [0.2, 0.25) is 0 Å². The topological polar surface area (TPSA) is 55.2 Å². The minimum absolute atomic E-state index is 0.0506. The van der Waals surface area contributed by atoms with Crippen LogP contribution in [0.4, 0.5) is 11.4 Å². The molecule has 1 heterocycles. The average Bonchev–Trinajstić information content (AvgIpc) is 2.13. The number of nitrogens with one attached hydrogen (secondary N) is 1. The van der Waals surface area contributed by atoms with Crippen LogP contribution in [-0.2, 0) is 0 Å². The van der Waals surface area contributed by atoms with E-state index in [1.54, 1.807) is 13.0 Å². The summed E-state index contributed by atoms with van der Waals surface area (Å²) in [7, 11) is 0. The maximum atomic E-state index is 10.9. The van der Waals surface area contributed by atoms with Crippen LogP contribution in [0.25, 0.3) is 0 Å². The third-order valence-electron chi connectivity index (χ3n) is 3.39. The summed E-state index contributed by atoms with van der Waals surface area (Å²) in [6, 6.07) is 3.61. The number of aryl methyl sites for hydroxylation is 1. The average molecular weight is 234 g/mol. The van der Waals surface area contributed by atoms with Gasteiger partial charge in [-0.2, -0.15) is 0 Å². The van der Waals surface area contributed by atoms with Crippen LogP contribution in [0.1, 0.15) is 44.2 Å². The van der Waals surface area contributed by atoms with Gasteiger partial charge < -0.3 is 5.32 Å². The Morgan fingerprint density at radius 2 is 2.12 bits per heavy atom. The number of rotatable bonds is 1. The van der Waals surface area contributed by atoms with Crippen LogP contribution in [-0.4, -0.2) is 10.5 Å². The van der Waals surface area contributed by atoms with E-state index >= 15 is 0 Å². The zero-order chi connectivity index (χ0) is 12.8. The molecular weight excluding hydrogens is 216 g/mol. The summed E-state index contributed by atoms with van der Waals surface area (Å²) >= 11 is 0. The minimum atomic E-state index is -0.303. The van der Waals surface area contributed by atoms with E-state index in [-0.39, 0.29) is 16.1 Å². The van der Waals surface area contributed by atoms with Crippen molar-refractivity contribution in [3.8, 4) is 0 Å². The van der Waals surface area contributed by atoms with Crippen molar-refractivity contribution in [1.29, 1.82) is 0 Å². The summed E-state index contributed by atoms with van der Waals surface area (Å²) < 4.78 is 0. The minimum Gasteiger partial charge on any atom is -0.380 e. The first-order valence-electron chi connectivity index (χ1n) is 5.87. The Balaban J connectivity index is 2.54. The van der Waals surface area contributed by atoms with E-state index in [2.05, 4.69) is 26.1 Å². The van der Waals surface area contributed by atoms with Crippen molar-refractivity contribution >= 4 is 11.4 Å².